The Balaban J connectivity index is 2.29. The summed E-state index contributed by atoms with van der Waals surface area (Å²) in [6.07, 6.45) is 0. The average Bonchev–Trinajstić information content (AvgIpc) is 2.48. The van der Waals surface area contributed by atoms with Gasteiger partial charge in [0.25, 0.3) is 5.91 Å². The molecule has 0 bridgehead atoms. The predicted molar refractivity (Wildman–Crippen MR) is 83.5 cm³/mol. The van der Waals surface area contributed by atoms with Crippen LogP contribution in [0.15, 0.2) is 30.3 Å². The maximum atomic E-state index is 13.0. The van der Waals surface area contributed by atoms with Gasteiger partial charge in [-0.15, -0.1) is 10.2 Å². The number of amides is 1. The number of nitrogens with zero attached hydrogens (tertiary/aromatic N) is 3. The van der Waals surface area contributed by atoms with Gasteiger partial charge in [0.1, 0.15) is 5.82 Å². The fourth-order valence-corrected chi connectivity index (χ4v) is 2.07. The van der Waals surface area contributed by atoms with E-state index in [1.165, 1.54) is 23.1 Å². The van der Waals surface area contributed by atoms with E-state index in [4.69, 9.17) is 11.6 Å². The molecular weight excluding hydrogens is 307 g/mol. The molecule has 0 fully saturated rings. The first kappa shape index (κ1) is 16.2. The molecule has 5 nitrogen and oxygen atoms in total. The second-order valence-electron chi connectivity index (χ2n) is 5.05. The zero-order chi connectivity index (χ0) is 16.3. The molecule has 0 radical (unpaired) electrons. The summed E-state index contributed by atoms with van der Waals surface area (Å²) in [5.74, 6) is -0.198. The maximum Gasteiger partial charge on any atom is 0.257 e. The van der Waals surface area contributed by atoms with E-state index in [1.807, 2.05) is 6.92 Å². The SMILES string of the molecule is C[C@H](Nc1nnc(Cl)cc1C(=O)N(C)C)c1ccc(F)cc1. The van der Waals surface area contributed by atoms with Gasteiger partial charge < -0.3 is 10.2 Å². The predicted octanol–water partition coefficient (Wildman–Crippen LogP) is 3.14. The Kier molecular flexibility index (Phi) is 4.92. The zero-order valence-electron chi connectivity index (χ0n) is 12.5. The lowest BCUT2D eigenvalue weighted by molar-refractivity contribution is 0.0828. The van der Waals surface area contributed by atoms with Crippen LogP contribution in [0.1, 0.15) is 28.9 Å². The van der Waals surface area contributed by atoms with Crippen molar-refractivity contribution < 1.29 is 9.18 Å². The Morgan fingerprint density at radius 2 is 1.91 bits per heavy atom. The molecule has 1 atom stereocenters. The number of anilines is 1. The first-order valence-corrected chi connectivity index (χ1v) is 7.03. The average molecular weight is 323 g/mol. The molecule has 0 spiro atoms. The van der Waals surface area contributed by atoms with Crippen LogP contribution in [-0.2, 0) is 0 Å². The molecular formula is C15H16ClFN4O. The molecule has 1 N–H and O–H groups in total. The van der Waals surface area contributed by atoms with Crippen LogP contribution in [0.2, 0.25) is 5.15 Å². The van der Waals surface area contributed by atoms with Crippen LogP contribution in [0.5, 0.6) is 0 Å². The topological polar surface area (TPSA) is 58.1 Å². The van der Waals surface area contributed by atoms with Gasteiger partial charge >= 0.3 is 0 Å². The van der Waals surface area contributed by atoms with E-state index in [-0.39, 0.29) is 22.9 Å². The second kappa shape index (κ2) is 6.70. The number of rotatable bonds is 4. The van der Waals surface area contributed by atoms with Crippen molar-refractivity contribution >= 4 is 23.3 Å². The highest BCUT2D eigenvalue weighted by atomic mass is 35.5. The third kappa shape index (κ3) is 3.71. The Labute approximate surface area is 133 Å². The van der Waals surface area contributed by atoms with Crippen molar-refractivity contribution in [2.75, 3.05) is 19.4 Å². The molecule has 1 heterocycles. The van der Waals surface area contributed by atoms with Crippen LogP contribution >= 0.6 is 11.6 Å². The minimum Gasteiger partial charge on any atom is -0.361 e. The van der Waals surface area contributed by atoms with Gasteiger partial charge in [0, 0.05) is 14.1 Å². The van der Waals surface area contributed by atoms with Crippen LogP contribution in [0.4, 0.5) is 10.2 Å². The van der Waals surface area contributed by atoms with Crippen molar-refractivity contribution in [3.63, 3.8) is 0 Å². The molecule has 7 heteroatoms. The highest BCUT2D eigenvalue weighted by Crippen LogP contribution is 2.22. The molecule has 2 rings (SSSR count). The molecule has 0 unspecified atom stereocenters. The van der Waals surface area contributed by atoms with Crippen LogP contribution in [0.25, 0.3) is 0 Å². The number of nitrogens with one attached hydrogen (secondary N) is 1. The molecule has 0 aliphatic rings. The molecule has 116 valence electrons. The normalized spacial score (nSPS) is 11.9. The second-order valence-corrected chi connectivity index (χ2v) is 5.43. The summed E-state index contributed by atoms with van der Waals surface area (Å²) in [7, 11) is 3.29. The van der Waals surface area contributed by atoms with Gasteiger partial charge in [-0.05, 0) is 30.7 Å². The number of hydrogen-bond acceptors (Lipinski definition) is 4. The Morgan fingerprint density at radius 1 is 1.27 bits per heavy atom. The van der Waals surface area contributed by atoms with Crippen LogP contribution in [0.3, 0.4) is 0 Å². The number of benzene rings is 1. The summed E-state index contributed by atoms with van der Waals surface area (Å²) in [6, 6.07) is 7.40. The van der Waals surface area contributed by atoms with Crippen molar-refractivity contribution in [1.29, 1.82) is 0 Å². The maximum absolute atomic E-state index is 13.0. The Hall–Kier alpha value is -2.21. The zero-order valence-corrected chi connectivity index (χ0v) is 13.2. The molecule has 22 heavy (non-hydrogen) atoms. The van der Waals surface area contributed by atoms with E-state index in [9.17, 15) is 9.18 Å². The van der Waals surface area contributed by atoms with E-state index in [2.05, 4.69) is 15.5 Å². The smallest absolute Gasteiger partial charge is 0.257 e. The van der Waals surface area contributed by atoms with Gasteiger partial charge in [-0.2, -0.15) is 0 Å². The summed E-state index contributed by atoms with van der Waals surface area (Å²) in [5, 5.41) is 11.0. The molecule has 2 aromatic rings. The van der Waals surface area contributed by atoms with E-state index in [1.54, 1.807) is 26.2 Å². The first-order chi connectivity index (χ1) is 10.4. The van der Waals surface area contributed by atoms with E-state index in [0.717, 1.165) is 5.56 Å². The third-order valence-corrected chi connectivity index (χ3v) is 3.31. The number of carbonyl (C=O) groups excluding carboxylic acids is 1. The molecule has 1 aromatic heterocycles. The highest BCUT2D eigenvalue weighted by Gasteiger charge is 2.18. The van der Waals surface area contributed by atoms with E-state index in [0.29, 0.717) is 11.4 Å². The van der Waals surface area contributed by atoms with E-state index >= 15 is 0 Å². The minimum atomic E-state index is -0.300. The fourth-order valence-electron chi connectivity index (χ4n) is 1.92. The lowest BCUT2D eigenvalue weighted by Crippen LogP contribution is -2.24. The van der Waals surface area contributed by atoms with Gasteiger partial charge in [-0.25, -0.2) is 4.39 Å². The lowest BCUT2D eigenvalue weighted by atomic mass is 10.1. The van der Waals surface area contributed by atoms with Crippen molar-refractivity contribution in [1.82, 2.24) is 15.1 Å². The summed E-state index contributed by atoms with van der Waals surface area (Å²) in [5.41, 5.74) is 1.19. The number of aromatic nitrogens is 2. The molecule has 1 amide bonds. The Bertz CT molecular complexity index is 676. The minimum absolute atomic E-state index is 0.144. The van der Waals surface area contributed by atoms with Crippen molar-refractivity contribution in [3.05, 3.63) is 52.4 Å². The van der Waals surface area contributed by atoms with Gasteiger partial charge in [-0.3, -0.25) is 4.79 Å². The third-order valence-electron chi connectivity index (χ3n) is 3.12. The largest absolute Gasteiger partial charge is 0.361 e. The molecule has 1 aromatic carbocycles. The fraction of sp³-hybridized carbons (Fsp3) is 0.267. The standard InChI is InChI=1S/C15H16ClFN4O/c1-9(10-4-6-11(17)7-5-10)18-14-12(15(22)21(2)3)8-13(16)19-20-14/h4-9H,1-3H3,(H,18,20)/t9-/m0/s1. The Morgan fingerprint density at radius 3 is 2.50 bits per heavy atom. The molecule has 0 saturated carbocycles. The van der Waals surface area contributed by atoms with Crippen molar-refractivity contribution in [3.8, 4) is 0 Å². The first-order valence-electron chi connectivity index (χ1n) is 6.65. The van der Waals surface area contributed by atoms with Crippen molar-refractivity contribution in [2.45, 2.75) is 13.0 Å². The summed E-state index contributed by atoms with van der Waals surface area (Å²) >= 11 is 5.82. The molecule has 0 aliphatic heterocycles. The highest BCUT2D eigenvalue weighted by molar-refractivity contribution is 6.29. The van der Waals surface area contributed by atoms with Crippen LogP contribution in [-0.4, -0.2) is 35.1 Å². The number of hydrogen-bond donors (Lipinski definition) is 1. The monoisotopic (exact) mass is 322 g/mol. The van der Waals surface area contributed by atoms with Gasteiger partial charge in [-0.1, -0.05) is 23.7 Å². The van der Waals surface area contributed by atoms with Gasteiger partial charge in [0.05, 0.1) is 11.6 Å². The quantitative estimate of drug-likeness (QED) is 0.939. The van der Waals surface area contributed by atoms with Crippen LogP contribution in [0, 0.1) is 5.82 Å². The summed E-state index contributed by atoms with van der Waals surface area (Å²) < 4.78 is 13.0. The summed E-state index contributed by atoms with van der Waals surface area (Å²) in [6.45, 7) is 1.88. The lowest BCUT2D eigenvalue weighted by Gasteiger charge is -2.18. The summed E-state index contributed by atoms with van der Waals surface area (Å²) in [4.78, 5) is 13.6. The molecule has 0 saturated heterocycles. The van der Waals surface area contributed by atoms with Crippen molar-refractivity contribution in [2.24, 2.45) is 0 Å². The number of carbonyl (C=O) groups is 1. The van der Waals surface area contributed by atoms with Gasteiger partial charge in [0.15, 0.2) is 11.0 Å². The van der Waals surface area contributed by atoms with E-state index < -0.39 is 0 Å². The van der Waals surface area contributed by atoms with Gasteiger partial charge in [0.2, 0.25) is 0 Å². The van der Waals surface area contributed by atoms with Crippen LogP contribution < -0.4 is 5.32 Å². The molecule has 0 aliphatic carbocycles. The number of halogens is 2.